The van der Waals surface area contributed by atoms with E-state index in [0.717, 1.165) is 13.1 Å². The molecule has 9 heteroatoms. The van der Waals surface area contributed by atoms with Gasteiger partial charge in [-0.2, -0.15) is 0 Å². The lowest BCUT2D eigenvalue weighted by atomic mass is 10.0. The number of sulfonamides is 1. The number of nitrogens with one attached hydrogen (secondary N) is 1. The molecule has 0 radical (unpaired) electrons. The molecule has 0 fully saturated rings. The van der Waals surface area contributed by atoms with Gasteiger partial charge >= 0.3 is 0 Å². The maximum Gasteiger partial charge on any atom is 0.273 e. The van der Waals surface area contributed by atoms with Crippen LogP contribution < -0.4 is 14.4 Å². The van der Waals surface area contributed by atoms with Crippen molar-refractivity contribution in [3.05, 3.63) is 41.8 Å². The molecule has 1 amide bonds. The lowest BCUT2D eigenvalue weighted by Crippen LogP contribution is -2.47. The number of ether oxygens (including phenoxy) is 1. The standard InChI is InChI=1S/C22H33N3O4S2/c1-6-25(7-2)20(17(3)4)15-23-21(26)16-29-19-12-10-18(11-13-19)24(5)31(27,28)22-9-8-14-30-22/h8-14,17,20H,6-7,15-16H2,1-5H3,(H,23,26). The second-order valence-corrected chi connectivity index (χ2v) is 10.7. The Morgan fingerprint density at radius 1 is 1.13 bits per heavy atom. The Hall–Kier alpha value is -2.10. The largest absolute Gasteiger partial charge is 0.484 e. The van der Waals surface area contributed by atoms with Gasteiger partial charge in [0.15, 0.2) is 6.61 Å². The van der Waals surface area contributed by atoms with Crippen LogP contribution in [0.1, 0.15) is 27.7 Å². The number of rotatable bonds is 12. The van der Waals surface area contributed by atoms with Crippen LogP contribution in [0, 0.1) is 5.92 Å². The number of carbonyl (C=O) groups excluding carboxylic acids is 1. The topological polar surface area (TPSA) is 79.0 Å². The Labute approximate surface area is 190 Å². The SMILES string of the molecule is CCN(CC)C(CNC(=O)COc1ccc(N(C)S(=O)(=O)c2cccs2)cc1)C(C)C. The molecule has 0 spiro atoms. The zero-order chi connectivity index (χ0) is 23.0. The highest BCUT2D eigenvalue weighted by Crippen LogP contribution is 2.26. The minimum Gasteiger partial charge on any atom is -0.484 e. The Kier molecular flexibility index (Phi) is 9.33. The molecule has 0 aliphatic heterocycles. The fourth-order valence-electron chi connectivity index (χ4n) is 3.33. The molecule has 7 nitrogen and oxygen atoms in total. The molecule has 0 saturated carbocycles. The molecule has 1 atom stereocenters. The Morgan fingerprint density at radius 3 is 2.29 bits per heavy atom. The van der Waals surface area contributed by atoms with E-state index in [2.05, 4.69) is 37.9 Å². The van der Waals surface area contributed by atoms with Crippen molar-refractivity contribution in [2.45, 2.75) is 37.9 Å². The monoisotopic (exact) mass is 467 g/mol. The van der Waals surface area contributed by atoms with E-state index in [4.69, 9.17) is 4.74 Å². The van der Waals surface area contributed by atoms with Crippen LogP contribution in [-0.2, 0) is 14.8 Å². The maximum absolute atomic E-state index is 12.6. The van der Waals surface area contributed by atoms with E-state index in [-0.39, 0.29) is 22.8 Å². The summed E-state index contributed by atoms with van der Waals surface area (Å²) in [6.07, 6.45) is 0. The average Bonchev–Trinajstić information content (AvgIpc) is 3.30. The molecule has 0 saturated heterocycles. The van der Waals surface area contributed by atoms with Crippen LogP contribution in [0.3, 0.4) is 0 Å². The van der Waals surface area contributed by atoms with E-state index < -0.39 is 10.0 Å². The lowest BCUT2D eigenvalue weighted by molar-refractivity contribution is -0.123. The quantitative estimate of drug-likeness (QED) is 0.517. The molecule has 0 bridgehead atoms. The van der Waals surface area contributed by atoms with Crippen molar-refractivity contribution in [1.82, 2.24) is 10.2 Å². The molecule has 1 aromatic heterocycles. The summed E-state index contributed by atoms with van der Waals surface area (Å²) in [6.45, 7) is 10.9. The summed E-state index contributed by atoms with van der Waals surface area (Å²) in [6, 6.07) is 10.2. The van der Waals surface area contributed by atoms with Crippen molar-refractivity contribution in [2.75, 3.05) is 37.6 Å². The second-order valence-electron chi connectivity index (χ2n) is 7.52. The van der Waals surface area contributed by atoms with Gasteiger partial charge in [-0.25, -0.2) is 8.42 Å². The van der Waals surface area contributed by atoms with Crippen LogP contribution in [0.5, 0.6) is 5.75 Å². The number of amides is 1. The van der Waals surface area contributed by atoms with Crippen LogP contribution in [0.25, 0.3) is 0 Å². The first-order chi connectivity index (χ1) is 14.7. The first-order valence-corrected chi connectivity index (χ1v) is 12.8. The average molecular weight is 468 g/mol. The van der Waals surface area contributed by atoms with E-state index in [9.17, 15) is 13.2 Å². The predicted octanol–water partition coefficient (Wildman–Crippen LogP) is 3.43. The smallest absolute Gasteiger partial charge is 0.273 e. The molecule has 1 heterocycles. The van der Waals surface area contributed by atoms with Crippen LogP contribution in [0.2, 0.25) is 0 Å². The summed E-state index contributed by atoms with van der Waals surface area (Å²) < 4.78 is 32.3. The van der Waals surface area contributed by atoms with Crippen molar-refractivity contribution in [3.8, 4) is 5.75 Å². The molecular formula is C22H33N3O4S2. The third-order valence-corrected chi connectivity index (χ3v) is 8.40. The summed E-state index contributed by atoms with van der Waals surface area (Å²) in [7, 11) is -2.07. The van der Waals surface area contributed by atoms with Gasteiger partial charge in [0.1, 0.15) is 9.96 Å². The molecule has 172 valence electrons. The summed E-state index contributed by atoms with van der Waals surface area (Å²) >= 11 is 1.18. The number of likely N-dealkylation sites (N-methyl/N-ethyl adjacent to an activating group) is 1. The third kappa shape index (κ3) is 6.69. The van der Waals surface area contributed by atoms with E-state index in [1.807, 2.05) is 0 Å². The third-order valence-electron chi connectivity index (χ3n) is 5.24. The van der Waals surface area contributed by atoms with E-state index >= 15 is 0 Å². The van der Waals surface area contributed by atoms with Crippen molar-refractivity contribution < 1.29 is 17.9 Å². The number of benzene rings is 1. The summed E-state index contributed by atoms with van der Waals surface area (Å²) in [5.41, 5.74) is 0.518. The van der Waals surface area contributed by atoms with Crippen LogP contribution in [-0.4, -0.2) is 58.6 Å². The van der Waals surface area contributed by atoms with Gasteiger partial charge in [0.25, 0.3) is 15.9 Å². The molecule has 31 heavy (non-hydrogen) atoms. The number of hydrogen-bond donors (Lipinski definition) is 1. The fourth-order valence-corrected chi connectivity index (χ4v) is 5.69. The highest BCUT2D eigenvalue weighted by Gasteiger charge is 2.22. The van der Waals surface area contributed by atoms with Gasteiger partial charge in [-0.1, -0.05) is 33.8 Å². The van der Waals surface area contributed by atoms with Gasteiger partial charge in [-0.05, 0) is 54.7 Å². The minimum atomic E-state index is -3.58. The molecular weight excluding hydrogens is 434 g/mol. The number of carbonyl (C=O) groups is 1. The minimum absolute atomic E-state index is 0.0915. The number of thiophene rings is 1. The summed E-state index contributed by atoms with van der Waals surface area (Å²) in [5, 5.41) is 4.69. The molecule has 2 rings (SSSR count). The Morgan fingerprint density at radius 2 is 1.77 bits per heavy atom. The molecule has 0 aliphatic rings. The van der Waals surface area contributed by atoms with Gasteiger partial charge in [0.05, 0.1) is 5.69 Å². The molecule has 2 aromatic rings. The van der Waals surface area contributed by atoms with Crippen molar-refractivity contribution >= 4 is 33.0 Å². The Balaban J connectivity index is 1.90. The van der Waals surface area contributed by atoms with E-state index in [1.165, 1.54) is 22.7 Å². The van der Waals surface area contributed by atoms with Gasteiger partial charge in [-0.3, -0.25) is 14.0 Å². The fraction of sp³-hybridized carbons (Fsp3) is 0.500. The Bertz CT molecular complexity index is 909. The van der Waals surface area contributed by atoms with E-state index in [0.29, 0.717) is 23.9 Å². The number of nitrogens with zero attached hydrogens (tertiary/aromatic N) is 2. The highest BCUT2D eigenvalue weighted by atomic mass is 32.2. The number of anilines is 1. The molecule has 0 aliphatic carbocycles. The van der Waals surface area contributed by atoms with Crippen LogP contribution in [0.15, 0.2) is 46.0 Å². The molecule has 1 N–H and O–H groups in total. The molecule has 1 unspecified atom stereocenters. The zero-order valence-electron chi connectivity index (χ0n) is 18.9. The molecule has 1 aromatic carbocycles. The first-order valence-electron chi connectivity index (χ1n) is 10.5. The summed E-state index contributed by atoms with van der Waals surface area (Å²) in [5.74, 6) is 0.750. The van der Waals surface area contributed by atoms with Crippen molar-refractivity contribution in [3.63, 3.8) is 0 Å². The first kappa shape index (κ1) is 25.2. The van der Waals surface area contributed by atoms with Crippen LogP contribution >= 0.6 is 11.3 Å². The highest BCUT2D eigenvalue weighted by molar-refractivity contribution is 7.94. The normalized spacial score (nSPS) is 12.7. The van der Waals surface area contributed by atoms with Crippen molar-refractivity contribution in [1.29, 1.82) is 0 Å². The van der Waals surface area contributed by atoms with Gasteiger partial charge < -0.3 is 10.1 Å². The predicted molar refractivity (Wildman–Crippen MR) is 126 cm³/mol. The lowest BCUT2D eigenvalue weighted by Gasteiger charge is -2.32. The second kappa shape index (κ2) is 11.5. The van der Waals surface area contributed by atoms with Crippen molar-refractivity contribution in [2.24, 2.45) is 5.92 Å². The summed E-state index contributed by atoms with van der Waals surface area (Å²) in [4.78, 5) is 14.6. The zero-order valence-corrected chi connectivity index (χ0v) is 20.5. The van der Waals surface area contributed by atoms with Gasteiger partial charge in [0, 0.05) is 19.6 Å². The van der Waals surface area contributed by atoms with Gasteiger partial charge in [0.2, 0.25) is 0 Å². The number of hydrogen-bond acceptors (Lipinski definition) is 6. The van der Waals surface area contributed by atoms with Crippen LogP contribution in [0.4, 0.5) is 5.69 Å². The van der Waals surface area contributed by atoms with Gasteiger partial charge in [-0.15, -0.1) is 11.3 Å². The van der Waals surface area contributed by atoms with E-state index in [1.54, 1.807) is 41.8 Å². The maximum atomic E-state index is 12.6.